The molecule has 0 saturated heterocycles. The first-order valence-electron chi connectivity index (χ1n) is 4.78. The van der Waals surface area contributed by atoms with Gasteiger partial charge in [-0.1, -0.05) is 15.9 Å². The molecule has 1 aromatic rings. The van der Waals surface area contributed by atoms with Crippen LogP contribution < -0.4 is 0 Å². The number of amides is 1. The SMILES string of the molecule is COCCN(CCBr)C(=O)c1ccc(Br)s1. The van der Waals surface area contributed by atoms with Gasteiger partial charge in [0.05, 0.1) is 15.3 Å². The van der Waals surface area contributed by atoms with Gasteiger partial charge >= 0.3 is 0 Å². The second-order valence-electron chi connectivity index (χ2n) is 3.08. The molecular formula is C10H13Br2NO2S. The van der Waals surface area contributed by atoms with Crippen molar-refractivity contribution >= 4 is 49.1 Å². The standard InChI is InChI=1S/C10H13Br2NO2S/c1-15-7-6-13(5-4-11)10(14)8-2-3-9(12)16-8/h2-3H,4-7H2,1H3. The molecule has 0 aliphatic carbocycles. The summed E-state index contributed by atoms with van der Waals surface area (Å²) in [4.78, 5) is 14.6. The number of halogens is 2. The minimum absolute atomic E-state index is 0.0622. The van der Waals surface area contributed by atoms with Gasteiger partial charge in [0.1, 0.15) is 0 Å². The lowest BCUT2D eigenvalue weighted by Crippen LogP contribution is -2.34. The Bertz CT molecular complexity index is 343. The normalized spacial score (nSPS) is 10.4. The molecule has 1 aromatic heterocycles. The van der Waals surface area contributed by atoms with E-state index in [1.165, 1.54) is 11.3 Å². The number of alkyl halides is 1. The molecule has 0 radical (unpaired) electrons. The Balaban J connectivity index is 2.66. The maximum atomic E-state index is 12.1. The number of ether oxygens (including phenoxy) is 1. The maximum Gasteiger partial charge on any atom is 0.264 e. The minimum atomic E-state index is 0.0622. The van der Waals surface area contributed by atoms with Crippen LogP contribution in [0, 0.1) is 0 Å². The fourth-order valence-corrected chi connectivity index (χ4v) is 2.99. The number of nitrogens with zero attached hydrogens (tertiary/aromatic N) is 1. The summed E-state index contributed by atoms with van der Waals surface area (Å²) >= 11 is 8.16. The van der Waals surface area contributed by atoms with Crippen LogP contribution in [0.5, 0.6) is 0 Å². The van der Waals surface area contributed by atoms with E-state index in [2.05, 4.69) is 31.9 Å². The summed E-state index contributed by atoms with van der Waals surface area (Å²) < 4.78 is 5.97. The zero-order valence-electron chi connectivity index (χ0n) is 8.91. The predicted octanol–water partition coefficient (Wildman–Crippen LogP) is 2.99. The molecule has 1 heterocycles. The average Bonchev–Trinajstić information content (AvgIpc) is 2.70. The fourth-order valence-electron chi connectivity index (χ4n) is 1.20. The van der Waals surface area contributed by atoms with E-state index in [9.17, 15) is 4.79 Å². The quantitative estimate of drug-likeness (QED) is 0.720. The van der Waals surface area contributed by atoms with Gasteiger partial charge in [-0.05, 0) is 28.1 Å². The van der Waals surface area contributed by atoms with E-state index >= 15 is 0 Å². The molecule has 0 aliphatic rings. The Labute approximate surface area is 116 Å². The molecule has 0 unspecified atom stereocenters. The highest BCUT2D eigenvalue weighted by Crippen LogP contribution is 2.23. The van der Waals surface area contributed by atoms with Crippen molar-refractivity contribution in [3.8, 4) is 0 Å². The fraction of sp³-hybridized carbons (Fsp3) is 0.500. The number of rotatable bonds is 6. The molecule has 0 aliphatic heterocycles. The van der Waals surface area contributed by atoms with Gasteiger partial charge in [0, 0.05) is 25.5 Å². The van der Waals surface area contributed by atoms with Crippen molar-refractivity contribution in [1.29, 1.82) is 0 Å². The van der Waals surface area contributed by atoms with Gasteiger partial charge < -0.3 is 9.64 Å². The number of thiophene rings is 1. The van der Waals surface area contributed by atoms with Crippen LogP contribution in [0.25, 0.3) is 0 Å². The maximum absolute atomic E-state index is 12.1. The summed E-state index contributed by atoms with van der Waals surface area (Å²) in [7, 11) is 1.64. The summed E-state index contributed by atoms with van der Waals surface area (Å²) in [6.45, 7) is 1.87. The third-order valence-corrected chi connectivity index (χ3v) is 3.96. The molecule has 0 N–H and O–H groups in total. The minimum Gasteiger partial charge on any atom is -0.383 e. The van der Waals surface area contributed by atoms with Crippen LogP contribution in [-0.4, -0.2) is 42.9 Å². The van der Waals surface area contributed by atoms with Crippen molar-refractivity contribution in [3.05, 3.63) is 20.8 Å². The van der Waals surface area contributed by atoms with Crippen LogP contribution in [0.3, 0.4) is 0 Å². The predicted molar refractivity (Wildman–Crippen MR) is 73.6 cm³/mol. The van der Waals surface area contributed by atoms with Crippen molar-refractivity contribution in [2.75, 3.05) is 32.1 Å². The Hall–Kier alpha value is 0.0900. The largest absolute Gasteiger partial charge is 0.383 e. The van der Waals surface area contributed by atoms with Crippen LogP contribution in [0.2, 0.25) is 0 Å². The third kappa shape index (κ3) is 4.16. The van der Waals surface area contributed by atoms with Gasteiger partial charge in [0.25, 0.3) is 5.91 Å². The van der Waals surface area contributed by atoms with Crippen LogP contribution in [-0.2, 0) is 4.74 Å². The molecule has 0 bridgehead atoms. The van der Waals surface area contributed by atoms with E-state index in [1.54, 1.807) is 12.0 Å². The number of hydrogen-bond acceptors (Lipinski definition) is 3. The number of carbonyl (C=O) groups excluding carboxylic acids is 1. The number of carbonyl (C=O) groups is 1. The summed E-state index contributed by atoms with van der Waals surface area (Å²) in [5, 5.41) is 0.773. The molecule has 0 aromatic carbocycles. The van der Waals surface area contributed by atoms with Crippen LogP contribution >= 0.6 is 43.2 Å². The molecule has 0 fully saturated rings. The highest BCUT2D eigenvalue weighted by molar-refractivity contribution is 9.11. The molecule has 0 saturated carbocycles. The molecule has 16 heavy (non-hydrogen) atoms. The monoisotopic (exact) mass is 369 g/mol. The van der Waals surface area contributed by atoms with Gasteiger partial charge in [-0.25, -0.2) is 0 Å². The van der Waals surface area contributed by atoms with Crippen LogP contribution in [0.15, 0.2) is 15.9 Å². The smallest absolute Gasteiger partial charge is 0.264 e. The van der Waals surface area contributed by atoms with E-state index < -0.39 is 0 Å². The molecular weight excluding hydrogens is 358 g/mol. The summed E-state index contributed by atoms with van der Waals surface area (Å²) in [6.07, 6.45) is 0. The first-order chi connectivity index (χ1) is 7.69. The Morgan fingerprint density at radius 2 is 2.25 bits per heavy atom. The molecule has 0 spiro atoms. The van der Waals surface area contributed by atoms with Gasteiger partial charge in [-0.3, -0.25) is 4.79 Å². The Morgan fingerprint density at radius 1 is 1.50 bits per heavy atom. The number of hydrogen-bond donors (Lipinski definition) is 0. The summed E-state index contributed by atoms with van der Waals surface area (Å²) in [6, 6.07) is 3.73. The van der Waals surface area contributed by atoms with E-state index in [0.717, 1.165) is 14.0 Å². The van der Waals surface area contributed by atoms with Crippen molar-refractivity contribution in [2.45, 2.75) is 0 Å². The third-order valence-electron chi connectivity index (χ3n) is 1.99. The Morgan fingerprint density at radius 3 is 2.75 bits per heavy atom. The molecule has 0 atom stereocenters. The van der Waals surface area contributed by atoms with E-state index in [-0.39, 0.29) is 5.91 Å². The number of methoxy groups -OCH3 is 1. The first-order valence-corrected chi connectivity index (χ1v) is 7.51. The Kier molecular flexibility index (Phi) is 6.57. The summed E-state index contributed by atoms with van der Waals surface area (Å²) in [5.41, 5.74) is 0. The molecule has 1 amide bonds. The lowest BCUT2D eigenvalue weighted by molar-refractivity contribution is 0.0713. The zero-order chi connectivity index (χ0) is 12.0. The van der Waals surface area contributed by atoms with Crippen molar-refractivity contribution in [2.24, 2.45) is 0 Å². The highest BCUT2D eigenvalue weighted by Gasteiger charge is 2.16. The highest BCUT2D eigenvalue weighted by atomic mass is 79.9. The van der Waals surface area contributed by atoms with Crippen LogP contribution in [0.4, 0.5) is 0 Å². The average molecular weight is 371 g/mol. The van der Waals surface area contributed by atoms with Gasteiger partial charge in [-0.15, -0.1) is 11.3 Å². The molecule has 6 heteroatoms. The van der Waals surface area contributed by atoms with E-state index in [1.807, 2.05) is 12.1 Å². The van der Waals surface area contributed by atoms with E-state index in [4.69, 9.17) is 4.74 Å². The van der Waals surface area contributed by atoms with Crippen molar-refractivity contribution in [1.82, 2.24) is 4.90 Å². The second-order valence-corrected chi connectivity index (χ2v) is 6.33. The zero-order valence-corrected chi connectivity index (χ0v) is 12.9. The lowest BCUT2D eigenvalue weighted by Gasteiger charge is -2.20. The lowest BCUT2D eigenvalue weighted by atomic mass is 10.4. The topological polar surface area (TPSA) is 29.5 Å². The molecule has 1 rings (SSSR count). The van der Waals surface area contributed by atoms with E-state index in [0.29, 0.717) is 19.7 Å². The van der Waals surface area contributed by atoms with Crippen LogP contribution in [0.1, 0.15) is 9.67 Å². The summed E-state index contributed by atoms with van der Waals surface area (Å²) in [5.74, 6) is 0.0622. The van der Waals surface area contributed by atoms with Gasteiger partial charge in [-0.2, -0.15) is 0 Å². The first kappa shape index (κ1) is 14.2. The molecule has 3 nitrogen and oxygen atoms in total. The van der Waals surface area contributed by atoms with Gasteiger partial charge in [0.2, 0.25) is 0 Å². The van der Waals surface area contributed by atoms with Gasteiger partial charge in [0.15, 0.2) is 0 Å². The second kappa shape index (κ2) is 7.42. The van der Waals surface area contributed by atoms with Crippen molar-refractivity contribution in [3.63, 3.8) is 0 Å². The molecule has 90 valence electrons. The van der Waals surface area contributed by atoms with Crippen molar-refractivity contribution < 1.29 is 9.53 Å².